The van der Waals surface area contributed by atoms with Crippen LogP contribution in [0.5, 0.6) is 0 Å². The van der Waals surface area contributed by atoms with Crippen molar-refractivity contribution in [2.45, 2.75) is 26.4 Å². The van der Waals surface area contributed by atoms with Crippen molar-refractivity contribution in [3.63, 3.8) is 0 Å². The van der Waals surface area contributed by atoms with Gasteiger partial charge in [-0.15, -0.1) is 10.2 Å². The van der Waals surface area contributed by atoms with Crippen LogP contribution in [-0.4, -0.2) is 48.9 Å². The number of likely N-dealkylation sites (tertiary alicyclic amines) is 1. The lowest BCUT2D eigenvalue weighted by molar-refractivity contribution is 0.269. The van der Waals surface area contributed by atoms with Crippen molar-refractivity contribution >= 4 is 10.0 Å². The smallest absolute Gasteiger partial charge is 0.247 e. The number of aromatic nitrogens is 2. The third-order valence-electron chi connectivity index (χ3n) is 4.51. The van der Waals surface area contributed by atoms with Gasteiger partial charge in [-0.2, -0.15) is 0 Å². The fourth-order valence-electron chi connectivity index (χ4n) is 3.32. The molecular formula is C17H24N4O3S. The van der Waals surface area contributed by atoms with Crippen molar-refractivity contribution in [3.05, 3.63) is 36.2 Å². The van der Waals surface area contributed by atoms with Crippen LogP contribution < -0.4 is 4.72 Å². The summed E-state index contributed by atoms with van der Waals surface area (Å²) in [5.74, 6) is 1.68. The molecule has 2 atom stereocenters. The Morgan fingerprint density at radius 2 is 1.96 bits per heavy atom. The average molecular weight is 364 g/mol. The van der Waals surface area contributed by atoms with Gasteiger partial charge >= 0.3 is 0 Å². The van der Waals surface area contributed by atoms with Gasteiger partial charge in [0.2, 0.25) is 21.8 Å². The van der Waals surface area contributed by atoms with Crippen LogP contribution in [0.25, 0.3) is 11.5 Å². The molecule has 0 saturated carbocycles. The highest BCUT2D eigenvalue weighted by Gasteiger charge is 2.36. The van der Waals surface area contributed by atoms with Crippen LogP contribution in [0.1, 0.15) is 19.7 Å². The molecule has 1 aromatic carbocycles. The Morgan fingerprint density at radius 1 is 1.24 bits per heavy atom. The van der Waals surface area contributed by atoms with Gasteiger partial charge in [0.1, 0.15) is 0 Å². The first kappa shape index (κ1) is 18.0. The summed E-state index contributed by atoms with van der Waals surface area (Å²) in [4.78, 5) is 2.16. The molecule has 1 fully saturated rings. The van der Waals surface area contributed by atoms with Crippen LogP contribution in [0.15, 0.2) is 34.7 Å². The minimum atomic E-state index is -3.23. The van der Waals surface area contributed by atoms with Crippen LogP contribution in [-0.2, 0) is 16.6 Å². The lowest BCUT2D eigenvalue weighted by Crippen LogP contribution is -2.41. The molecule has 1 saturated heterocycles. The predicted molar refractivity (Wildman–Crippen MR) is 95.1 cm³/mol. The predicted octanol–water partition coefficient (Wildman–Crippen LogP) is 1.74. The molecular weight excluding hydrogens is 340 g/mol. The summed E-state index contributed by atoms with van der Waals surface area (Å²) in [5, 5.41) is 8.23. The molecule has 136 valence electrons. The molecule has 7 nitrogen and oxygen atoms in total. The summed E-state index contributed by atoms with van der Waals surface area (Å²) >= 11 is 0. The van der Waals surface area contributed by atoms with E-state index in [1.807, 2.05) is 30.3 Å². The molecule has 2 aromatic rings. The Morgan fingerprint density at radius 3 is 2.60 bits per heavy atom. The van der Waals surface area contributed by atoms with Crippen LogP contribution in [0.2, 0.25) is 0 Å². The molecule has 0 spiro atoms. The molecule has 2 heterocycles. The minimum absolute atomic E-state index is 0.0912. The number of benzene rings is 1. The Bertz CT molecular complexity index is 804. The maximum Gasteiger partial charge on any atom is 0.247 e. The van der Waals surface area contributed by atoms with E-state index in [1.54, 1.807) is 0 Å². The summed E-state index contributed by atoms with van der Waals surface area (Å²) in [6.07, 6.45) is 1.21. The van der Waals surface area contributed by atoms with Crippen molar-refractivity contribution in [2.24, 2.45) is 11.8 Å². The Kier molecular flexibility index (Phi) is 5.21. The maximum atomic E-state index is 11.6. The molecule has 2 unspecified atom stereocenters. The number of nitrogens with zero attached hydrogens (tertiary/aromatic N) is 3. The summed E-state index contributed by atoms with van der Waals surface area (Å²) in [7, 11) is -3.23. The average Bonchev–Trinajstić information content (AvgIpc) is 3.14. The number of rotatable bonds is 6. The monoisotopic (exact) mass is 364 g/mol. The lowest BCUT2D eigenvalue weighted by atomic mass is 9.92. The first-order valence-electron chi connectivity index (χ1n) is 8.39. The fourth-order valence-corrected chi connectivity index (χ4v) is 4.12. The quantitative estimate of drug-likeness (QED) is 0.840. The van der Waals surface area contributed by atoms with E-state index in [0.29, 0.717) is 30.8 Å². The molecule has 0 amide bonds. The van der Waals surface area contributed by atoms with Gasteiger partial charge < -0.3 is 4.42 Å². The normalized spacial score (nSPS) is 21.9. The number of hydrogen-bond donors (Lipinski definition) is 1. The molecule has 0 aliphatic carbocycles. The Balaban J connectivity index is 1.68. The van der Waals surface area contributed by atoms with Crippen LogP contribution in [0.4, 0.5) is 0 Å². The van der Waals surface area contributed by atoms with E-state index < -0.39 is 10.0 Å². The van der Waals surface area contributed by atoms with Crippen molar-refractivity contribution in [1.29, 1.82) is 0 Å². The highest BCUT2D eigenvalue weighted by molar-refractivity contribution is 7.88. The Hall–Kier alpha value is -1.77. The molecule has 3 rings (SSSR count). The van der Waals surface area contributed by atoms with Gasteiger partial charge in [0, 0.05) is 24.7 Å². The van der Waals surface area contributed by atoms with Crippen LogP contribution >= 0.6 is 0 Å². The second-order valence-electron chi connectivity index (χ2n) is 6.97. The van der Waals surface area contributed by atoms with E-state index in [4.69, 9.17) is 4.42 Å². The van der Waals surface area contributed by atoms with Crippen LogP contribution in [0, 0.1) is 11.8 Å². The minimum Gasteiger partial charge on any atom is -0.419 e. The topological polar surface area (TPSA) is 88.3 Å². The zero-order chi connectivity index (χ0) is 18.0. The van der Waals surface area contributed by atoms with Crippen molar-refractivity contribution in [1.82, 2.24) is 19.8 Å². The van der Waals surface area contributed by atoms with E-state index in [-0.39, 0.29) is 12.0 Å². The highest BCUT2D eigenvalue weighted by atomic mass is 32.2. The second kappa shape index (κ2) is 7.23. The number of hydrogen-bond acceptors (Lipinski definition) is 6. The third kappa shape index (κ3) is 4.65. The van der Waals surface area contributed by atoms with Gasteiger partial charge in [-0.25, -0.2) is 13.1 Å². The molecule has 25 heavy (non-hydrogen) atoms. The van der Waals surface area contributed by atoms with Gasteiger partial charge in [0.05, 0.1) is 12.8 Å². The zero-order valence-electron chi connectivity index (χ0n) is 14.7. The fraction of sp³-hybridized carbons (Fsp3) is 0.529. The van der Waals surface area contributed by atoms with Gasteiger partial charge in [-0.05, 0) is 24.0 Å². The molecule has 0 radical (unpaired) electrons. The summed E-state index contributed by atoms with van der Waals surface area (Å²) in [6, 6.07) is 9.54. The number of nitrogens with one attached hydrogen (secondary N) is 1. The molecule has 8 heteroatoms. The van der Waals surface area contributed by atoms with Gasteiger partial charge in [-0.3, -0.25) is 4.90 Å². The molecule has 1 aliphatic rings. The molecule has 1 aromatic heterocycles. The maximum absolute atomic E-state index is 11.6. The third-order valence-corrected chi connectivity index (χ3v) is 5.24. The number of sulfonamides is 1. The van der Waals surface area contributed by atoms with Crippen molar-refractivity contribution < 1.29 is 12.8 Å². The van der Waals surface area contributed by atoms with Gasteiger partial charge in [0.15, 0.2) is 0 Å². The van der Waals surface area contributed by atoms with Gasteiger partial charge in [-0.1, -0.05) is 32.0 Å². The van der Waals surface area contributed by atoms with E-state index in [1.165, 1.54) is 6.26 Å². The summed E-state index contributed by atoms with van der Waals surface area (Å²) < 4.78 is 31.7. The molecule has 1 aliphatic heterocycles. The summed E-state index contributed by atoms with van der Waals surface area (Å²) in [6.45, 7) is 6.19. The largest absolute Gasteiger partial charge is 0.419 e. The second-order valence-corrected chi connectivity index (χ2v) is 8.75. The molecule has 1 N–H and O–H groups in total. The van der Waals surface area contributed by atoms with Crippen molar-refractivity contribution in [3.8, 4) is 11.5 Å². The highest BCUT2D eigenvalue weighted by Crippen LogP contribution is 2.26. The van der Waals surface area contributed by atoms with Crippen LogP contribution in [0.3, 0.4) is 0 Å². The molecule has 0 bridgehead atoms. The zero-order valence-corrected chi connectivity index (χ0v) is 15.5. The lowest BCUT2D eigenvalue weighted by Gasteiger charge is -2.21. The van der Waals surface area contributed by atoms with Gasteiger partial charge in [0.25, 0.3) is 0 Å². The van der Waals surface area contributed by atoms with E-state index in [0.717, 1.165) is 12.1 Å². The van der Waals surface area contributed by atoms with E-state index in [2.05, 4.69) is 33.7 Å². The SMILES string of the molecule is CC(C)C1CN(Cc2nnc(-c3ccccc3)o2)CC1NS(C)(=O)=O. The van der Waals surface area contributed by atoms with E-state index in [9.17, 15) is 8.42 Å². The standard InChI is InChI=1S/C17H24N4O3S/c1-12(2)14-9-21(10-15(14)20-25(3,22)23)11-16-18-19-17(24-16)13-7-5-4-6-8-13/h4-8,12,14-15,20H,9-11H2,1-3H3. The summed E-state index contributed by atoms with van der Waals surface area (Å²) in [5.41, 5.74) is 0.888. The first-order chi connectivity index (χ1) is 11.8. The van der Waals surface area contributed by atoms with E-state index >= 15 is 0 Å². The van der Waals surface area contributed by atoms with Crippen molar-refractivity contribution in [2.75, 3.05) is 19.3 Å². The first-order valence-corrected chi connectivity index (χ1v) is 10.3. The Labute approximate surface area is 148 Å².